The number of hydrogen-bond acceptors (Lipinski definition) is 3. The number of rotatable bonds is 2. The summed E-state index contributed by atoms with van der Waals surface area (Å²) < 4.78 is 0. The molecule has 1 aliphatic rings. The van der Waals surface area contributed by atoms with Crippen LogP contribution in [0.25, 0.3) is 0 Å². The van der Waals surface area contributed by atoms with Gasteiger partial charge >= 0.3 is 5.97 Å². The van der Waals surface area contributed by atoms with Crippen LogP contribution in [0.2, 0.25) is 0 Å². The van der Waals surface area contributed by atoms with E-state index in [1.807, 2.05) is 0 Å². The molecule has 1 saturated heterocycles. The van der Waals surface area contributed by atoms with E-state index in [9.17, 15) is 4.79 Å². The maximum Gasteiger partial charge on any atom is 0.320 e. The fraction of sp³-hybridized carbons (Fsp3) is 0.500. The van der Waals surface area contributed by atoms with Crippen LogP contribution in [0.15, 0.2) is 11.4 Å². The number of carboxylic acid groups (broad SMARTS) is 1. The Morgan fingerprint density at radius 3 is 3.00 bits per heavy atom. The minimum absolute atomic E-state index is 0.361. The fourth-order valence-corrected chi connectivity index (χ4v) is 2.64. The molecule has 2 heterocycles. The number of carbonyl (C=O) groups is 1. The highest BCUT2D eigenvalue weighted by Gasteiger charge is 2.30. The topological polar surface area (TPSA) is 49.3 Å². The molecule has 1 aromatic rings. The lowest BCUT2D eigenvalue weighted by Crippen LogP contribution is -2.29. The zero-order chi connectivity index (χ0) is 10.1. The summed E-state index contributed by atoms with van der Waals surface area (Å²) in [5, 5.41) is 14.0. The molecular weight excluding hydrogens is 198 g/mol. The second kappa shape index (κ2) is 3.71. The number of aliphatic carboxylic acids is 1. The van der Waals surface area contributed by atoms with Crippen LogP contribution in [-0.2, 0) is 4.79 Å². The Morgan fingerprint density at radius 2 is 2.50 bits per heavy atom. The Morgan fingerprint density at radius 1 is 1.71 bits per heavy atom. The second-order valence-corrected chi connectivity index (χ2v) is 4.84. The van der Waals surface area contributed by atoms with Crippen LogP contribution >= 0.6 is 11.3 Å². The minimum Gasteiger partial charge on any atom is -0.480 e. The van der Waals surface area contributed by atoms with Crippen molar-refractivity contribution in [3.63, 3.8) is 0 Å². The van der Waals surface area contributed by atoms with Crippen molar-refractivity contribution in [1.82, 2.24) is 5.32 Å². The highest BCUT2D eigenvalue weighted by atomic mass is 32.1. The molecule has 76 valence electrons. The Bertz CT molecular complexity index is 348. The molecule has 0 saturated carbocycles. The van der Waals surface area contributed by atoms with E-state index in [4.69, 9.17) is 5.11 Å². The molecule has 1 aliphatic heterocycles. The summed E-state index contributed by atoms with van der Waals surface area (Å²) in [6.45, 7) is 2.86. The van der Waals surface area contributed by atoms with Gasteiger partial charge in [0.05, 0.1) is 0 Å². The van der Waals surface area contributed by atoms with E-state index in [1.165, 1.54) is 10.4 Å². The number of thiophene rings is 1. The predicted molar refractivity (Wildman–Crippen MR) is 55.8 cm³/mol. The third kappa shape index (κ3) is 1.81. The molecule has 0 bridgehead atoms. The molecule has 0 radical (unpaired) electrons. The molecule has 0 aromatic carbocycles. The standard InChI is InChI=1S/C10H13NO2S/c1-6-2-8(5-14-6)7-3-9(10(12)13)11-4-7/h2,5,7,9,11H,3-4H2,1H3,(H,12,13). The predicted octanol–water partition coefficient (Wildman–Crippen LogP) is 1.59. The molecular formula is C10H13NO2S. The van der Waals surface area contributed by atoms with Crippen LogP contribution in [0.3, 0.4) is 0 Å². The summed E-state index contributed by atoms with van der Waals surface area (Å²) in [6.07, 6.45) is 0.714. The van der Waals surface area contributed by atoms with Crippen molar-refractivity contribution >= 4 is 17.3 Å². The van der Waals surface area contributed by atoms with Gasteiger partial charge in [-0.2, -0.15) is 0 Å². The van der Waals surface area contributed by atoms with E-state index in [1.54, 1.807) is 11.3 Å². The van der Waals surface area contributed by atoms with Gasteiger partial charge in [0.15, 0.2) is 0 Å². The molecule has 0 amide bonds. The summed E-state index contributed by atoms with van der Waals surface area (Å²) in [4.78, 5) is 12.0. The van der Waals surface area contributed by atoms with Gasteiger partial charge in [0.2, 0.25) is 0 Å². The van der Waals surface area contributed by atoms with Crippen molar-refractivity contribution in [3.05, 3.63) is 21.9 Å². The van der Waals surface area contributed by atoms with Crippen molar-refractivity contribution in [2.24, 2.45) is 0 Å². The number of nitrogens with one attached hydrogen (secondary N) is 1. The van der Waals surface area contributed by atoms with Crippen molar-refractivity contribution < 1.29 is 9.90 Å². The van der Waals surface area contributed by atoms with Gasteiger partial charge < -0.3 is 10.4 Å². The average Bonchev–Trinajstić information content (AvgIpc) is 2.70. The highest BCUT2D eigenvalue weighted by Crippen LogP contribution is 2.29. The van der Waals surface area contributed by atoms with Crippen molar-refractivity contribution in [2.75, 3.05) is 6.54 Å². The Kier molecular flexibility index (Phi) is 2.56. The van der Waals surface area contributed by atoms with Gasteiger partial charge in [0.25, 0.3) is 0 Å². The van der Waals surface area contributed by atoms with E-state index in [2.05, 4.69) is 23.7 Å². The molecule has 2 atom stereocenters. The first-order chi connectivity index (χ1) is 6.66. The first kappa shape index (κ1) is 9.68. The van der Waals surface area contributed by atoms with Gasteiger partial charge in [-0.3, -0.25) is 4.79 Å². The van der Waals surface area contributed by atoms with Crippen LogP contribution in [0.1, 0.15) is 22.8 Å². The molecule has 2 N–H and O–H groups in total. The lowest BCUT2D eigenvalue weighted by atomic mass is 9.99. The zero-order valence-corrected chi connectivity index (χ0v) is 8.80. The van der Waals surface area contributed by atoms with Gasteiger partial charge in [-0.25, -0.2) is 0 Å². The quantitative estimate of drug-likeness (QED) is 0.781. The van der Waals surface area contributed by atoms with Gasteiger partial charge in [0.1, 0.15) is 6.04 Å². The first-order valence-corrected chi connectivity index (χ1v) is 5.56. The van der Waals surface area contributed by atoms with Crippen LogP contribution in [-0.4, -0.2) is 23.7 Å². The highest BCUT2D eigenvalue weighted by molar-refractivity contribution is 7.10. The maximum absolute atomic E-state index is 10.7. The molecule has 1 fully saturated rings. The monoisotopic (exact) mass is 211 g/mol. The number of hydrogen-bond donors (Lipinski definition) is 2. The van der Waals surface area contributed by atoms with Gasteiger partial charge in [-0.1, -0.05) is 0 Å². The fourth-order valence-electron chi connectivity index (χ4n) is 1.86. The third-order valence-corrected chi connectivity index (χ3v) is 3.53. The average molecular weight is 211 g/mol. The second-order valence-electron chi connectivity index (χ2n) is 3.72. The molecule has 1 aromatic heterocycles. The number of carboxylic acids is 1. The van der Waals surface area contributed by atoms with E-state index in [-0.39, 0.29) is 6.04 Å². The molecule has 14 heavy (non-hydrogen) atoms. The summed E-state index contributed by atoms with van der Waals surface area (Å²) >= 11 is 1.73. The minimum atomic E-state index is -0.737. The van der Waals surface area contributed by atoms with E-state index in [0.29, 0.717) is 12.3 Å². The normalized spacial score (nSPS) is 26.6. The van der Waals surface area contributed by atoms with E-state index in [0.717, 1.165) is 6.54 Å². The molecule has 3 nitrogen and oxygen atoms in total. The van der Waals surface area contributed by atoms with E-state index >= 15 is 0 Å². The summed E-state index contributed by atoms with van der Waals surface area (Å²) in [5.74, 6) is -0.361. The van der Waals surface area contributed by atoms with Crippen LogP contribution < -0.4 is 5.32 Å². The van der Waals surface area contributed by atoms with Gasteiger partial charge in [-0.05, 0) is 36.3 Å². The molecule has 4 heteroatoms. The van der Waals surface area contributed by atoms with Gasteiger partial charge in [0, 0.05) is 11.4 Å². The SMILES string of the molecule is Cc1cc(C2CNC(C(=O)O)C2)cs1. The zero-order valence-electron chi connectivity index (χ0n) is 7.99. The summed E-state index contributed by atoms with van der Waals surface area (Å²) in [6, 6.07) is 1.79. The largest absolute Gasteiger partial charge is 0.480 e. The Labute approximate surface area is 86.8 Å². The Balaban J connectivity index is 2.05. The van der Waals surface area contributed by atoms with Crippen LogP contribution in [0.4, 0.5) is 0 Å². The van der Waals surface area contributed by atoms with Crippen LogP contribution in [0.5, 0.6) is 0 Å². The molecule has 0 spiro atoms. The third-order valence-electron chi connectivity index (χ3n) is 2.65. The van der Waals surface area contributed by atoms with E-state index < -0.39 is 5.97 Å². The Hall–Kier alpha value is -0.870. The smallest absolute Gasteiger partial charge is 0.320 e. The summed E-state index contributed by atoms with van der Waals surface area (Å²) in [7, 11) is 0. The molecule has 2 unspecified atom stereocenters. The van der Waals surface area contributed by atoms with Crippen molar-refractivity contribution in [3.8, 4) is 0 Å². The summed E-state index contributed by atoms with van der Waals surface area (Å²) in [5.41, 5.74) is 1.28. The van der Waals surface area contributed by atoms with Gasteiger partial charge in [-0.15, -0.1) is 11.3 Å². The lowest BCUT2D eigenvalue weighted by Gasteiger charge is -2.04. The molecule has 2 rings (SSSR count). The lowest BCUT2D eigenvalue weighted by molar-refractivity contribution is -0.139. The maximum atomic E-state index is 10.7. The number of aryl methyl sites for hydroxylation is 1. The molecule has 0 aliphatic carbocycles. The van der Waals surface area contributed by atoms with Crippen molar-refractivity contribution in [1.29, 1.82) is 0 Å². The van der Waals surface area contributed by atoms with Crippen molar-refractivity contribution in [2.45, 2.75) is 25.3 Å². The van der Waals surface area contributed by atoms with Crippen LogP contribution in [0, 0.1) is 6.92 Å². The first-order valence-electron chi connectivity index (χ1n) is 4.68.